The van der Waals surface area contributed by atoms with Crippen LogP contribution in [0.25, 0.3) is 0 Å². The van der Waals surface area contributed by atoms with E-state index in [9.17, 15) is 4.39 Å². The van der Waals surface area contributed by atoms with Gasteiger partial charge in [-0.05, 0) is 17.8 Å². The molecule has 10 heteroatoms. The summed E-state index contributed by atoms with van der Waals surface area (Å²) in [5.74, 6) is -0.222. The van der Waals surface area contributed by atoms with E-state index >= 15 is 0 Å². The predicted molar refractivity (Wildman–Crippen MR) is 102 cm³/mol. The molecule has 0 aliphatic heterocycles. The maximum Gasteiger partial charge on any atom is 0.320 e. The van der Waals surface area contributed by atoms with Crippen molar-refractivity contribution in [3.8, 4) is 11.9 Å². The van der Waals surface area contributed by atoms with E-state index in [-0.39, 0.29) is 36.0 Å². The molecule has 0 bridgehead atoms. The molecule has 1 N–H and O–H groups in total. The van der Waals surface area contributed by atoms with Gasteiger partial charge in [0.1, 0.15) is 6.61 Å². The molecular formula is C18H16FN5O3S. The lowest BCUT2D eigenvalue weighted by Crippen LogP contribution is -2.17. The van der Waals surface area contributed by atoms with E-state index in [0.717, 1.165) is 11.8 Å². The van der Waals surface area contributed by atoms with E-state index in [1.165, 1.54) is 13.3 Å². The zero-order chi connectivity index (χ0) is 19.8. The average Bonchev–Trinajstić information content (AvgIpc) is 2.73. The van der Waals surface area contributed by atoms with Crippen molar-refractivity contribution in [2.24, 2.45) is 0 Å². The van der Waals surface area contributed by atoms with Crippen LogP contribution in [-0.2, 0) is 18.0 Å². The number of methoxy groups -OCH3 is 1. The van der Waals surface area contributed by atoms with Crippen molar-refractivity contribution >= 4 is 23.2 Å². The SMILES string of the molecule is COc1ccnc(OCc2ncc(F)c(NC(=S)OCc3ccccc3)n2)n1. The second kappa shape index (κ2) is 9.51. The molecule has 3 rings (SSSR count). The molecule has 0 spiro atoms. The maximum atomic E-state index is 14.0. The van der Waals surface area contributed by atoms with Crippen LogP contribution in [0.3, 0.4) is 0 Å². The van der Waals surface area contributed by atoms with Gasteiger partial charge in [0.05, 0.1) is 13.3 Å². The highest BCUT2D eigenvalue weighted by atomic mass is 32.1. The fourth-order valence-corrected chi connectivity index (χ4v) is 2.21. The van der Waals surface area contributed by atoms with Crippen molar-refractivity contribution in [3.63, 3.8) is 0 Å². The van der Waals surface area contributed by atoms with Gasteiger partial charge in [0, 0.05) is 12.3 Å². The van der Waals surface area contributed by atoms with Crippen LogP contribution in [0.2, 0.25) is 0 Å². The van der Waals surface area contributed by atoms with Crippen LogP contribution in [0.5, 0.6) is 11.9 Å². The van der Waals surface area contributed by atoms with E-state index in [0.29, 0.717) is 5.88 Å². The van der Waals surface area contributed by atoms with Gasteiger partial charge in [-0.2, -0.15) is 4.98 Å². The van der Waals surface area contributed by atoms with Gasteiger partial charge in [-0.1, -0.05) is 30.3 Å². The zero-order valence-corrected chi connectivity index (χ0v) is 15.6. The molecule has 0 aliphatic carbocycles. The van der Waals surface area contributed by atoms with Crippen LogP contribution in [0, 0.1) is 5.82 Å². The normalized spacial score (nSPS) is 10.2. The van der Waals surface area contributed by atoms with E-state index < -0.39 is 5.82 Å². The Morgan fingerprint density at radius 3 is 2.71 bits per heavy atom. The standard InChI is InChI=1S/C18H16FN5O3S/c1-25-15-7-8-20-17(23-15)26-11-14-21-9-13(19)16(22-14)24-18(28)27-10-12-5-3-2-4-6-12/h2-9H,10-11H2,1H3,(H,21,22,24,28). The third kappa shape index (κ3) is 5.55. The summed E-state index contributed by atoms with van der Waals surface area (Å²) in [5.41, 5.74) is 0.933. The van der Waals surface area contributed by atoms with Gasteiger partial charge in [-0.3, -0.25) is 5.32 Å². The lowest BCUT2D eigenvalue weighted by Gasteiger charge is -2.11. The predicted octanol–water partition coefficient (Wildman–Crippen LogP) is 2.91. The smallest absolute Gasteiger partial charge is 0.320 e. The summed E-state index contributed by atoms with van der Waals surface area (Å²) >= 11 is 5.08. The van der Waals surface area contributed by atoms with Crippen molar-refractivity contribution in [1.82, 2.24) is 19.9 Å². The highest BCUT2D eigenvalue weighted by Crippen LogP contribution is 2.13. The highest BCUT2D eigenvalue weighted by Gasteiger charge is 2.11. The molecule has 0 amide bonds. The molecule has 0 saturated heterocycles. The first kappa shape index (κ1) is 19.4. The quantitative estimate of drug-likeness (QED) is 0.600. The lowest BCUT2D eigenvalue weighted by atomic mass is 10.2. The second-order valence-corrected chi connectivity index (χ2v) is 5.71. The number of hydrogen-bond donors (Lipinski definition) is 1. The number of hydrogen-bond acceptors (Lipinski definition) is 8. The Balaban J connectivity index is 1.58. The summed E-state index contributed by atoms with van der Waals surface area (Å²) in [6, 6.07) is 11.1. The van der Waals surface area contributed by atoms with Crippen LogP contribution in [0.1, 0.15) is 11.4 Å². The first-order valence-electron chi connectivity index (χ1n) is 8.13. The molecule has 144 valence electrons. The molecule has 2 heterocycles. The van der Waals surface area contributed by atoms with Crippen LogP contribution in [0.4, 0.5) is 10.2 Å². The van der Waals surface area contributed by atoms with E-state index in [1.54, 1.807) is 6.07 Å². The summed E-state index contributed by atoms with van der Waals surface area (Å²) in [4.78, 5) is 15.9. The monoisotopic (exact) mass is 401 g/mol. The molecule has 28 heavy (non-hydrogen) atoms. The number of aromatic nitrogens is 4. The van der Waals surface area contributed by atoms with Crippen molar-refractivity contribution in [1.29, 1.82) is 0 Å². The van der Waals surface area contributed by atoms with Gasteiger partial charge in [-0.15, -0.1) is 0 Å². The number of nitrogens with zero attached hydrogens (tertiary/aromatic N) is 4. The summed E-state index contributed by atoms with van der Waals surface area (Å²) in [6.07, 6.45) is 2.50. The van der Waals surface area contributed by atoms with Crippen LogP contribution in [-0.4, -0.2) is 32.2 Å². The third-order valence-electron chi connectivity index (χ3n) is 3.37. The fourth-order valence-electron chi connectivity index (χ4n) is 2.05. The van der Waals surface area contributed by atoms with Gasteiger partial charge < -0.3 is 14.2 Å². The van der Waals surface area contributed by atoms with Crippen molar-refractivity contribution in [2.75, 3.05) is 12.4 Å². The molecule has 2 aromatic heterocycles. The number of nitrogens with one attached hydrogen (secondary N) is 1. The number of rotatable bonds is 7. The van der Waals surface area contributed by atoms with Gasteiger partial charge in [0.15, 0.2) is 24.1 Å². The molecule has 3 aromatic rings. The van der Waals surface area contributed by atoms with Crippen molar-refractivity contribution in [3.05, 3.63) is 66.0 Å². The van der Waals surface area contributed by atoms with Crippen LogP contribution >= 0.6 is 12.2 Å². The minimum absolute atomic E-state index is 0.00977. The number of thiocarbonyl (C=S) groups is 1. The van der Waals surface area contributed by atoms with E-state index in [4.69, 9.17) is 26.4 Å². The first-order chi connectivity index (χ1) is 13.6. The topological polar surface area (TPSA) is 91.3 Å². The molecule has 1 aromatic carbocycles. The van der Waals surface area contributed by atoms with Crippen LogP contribution < -0.4 is 14.8 Å². The lowest BCUT2D eigenvalue weighted by molar-refractivity contribution is 0.265. The van der Waals surface area contributed by atoms with E-state index in [1.807, 2.05) is 30.3 Å². The average molecular weight is 401 g/mol. The summed E-state index contributed by atoms with van der Waals surface area (Å²) in [5, 5.41) is 2.60. The molecule has 0 atom stereocenters. The summed E-state index contributed by atoms with van der Waals surface area (Å²) < 4.78 is 29.8. The molecule has 0 radical (unpaired) electrons. The van der Waals surface area contributed by atoms with Crippen molar-refractivity contribution in [2.45, 2.75) is 13.2 Å². The number of halogens is 1. The van der Waals surface area contributed by atoms with E-state index in [2.05, 4.69) is 25.3 Å². The Hall–Kier alpha value is -3.40. The van der Waals surface area contributed by atoms with Crippen molar-refractivity contribution < 1.29 is 18.6 Å². The largest absolute Gasteiger partial charge is 0.481 e. The number of ether oxygens (including phenoxy) is 3. The minimum Gasteiger partial charge on any atom is -0.481 e. The fraction of sp³-hybridized carbons (Fsp3) is 0.167. The molecular weight excluding hydrogens is 385 g/mol. The number of anilines is 1. The Labute approximate surface area is 165 Å². The van der Waals surface area contributed by atoms with Gasteiger partial charge in [0.2, 0.25) is 5.88 Å². The van der Waals surface area contributed by atoms with Gasteiger partial charge in [0.25, 0.3) is 5.17 Å². The Bertz CT molecular complexity index is 946. The number of benzene rings is 1. The maximum absolute atomic E-state index is 14.0. The summed E-state index contributed by atoms with van der Waals surface area (Å²) in [7, 11) is 1.48. The Morgan fingerprint density at radius 2 is 1.93 bits per heavy atom. The molecule has 8 nitrogen and oxygen atoms in total. The minimum atomic E-state index is -0.674. The highest BCUT2D eigenvalue weighted by molar-refractivity contribution is 7.80. The molecule has 0 saturated carbocycles. The summed E-state index contributed by atoms with van der Waals surface area (Å²) in [6.45, 7) is 0.183. The zero-order valence-electron chi connectivity index (χ0n) is 14.8. The van der Waals surface area contributed by atoms with Gasteiger partial charge >= 0.3 is 6.01 Å². The Kier molecular flexibility index (Phi) is 6.58. The molecule has 0 aliphatic rings. The van der Waals surface area contributed by atoms with Gasteiger partial charge in [-0.25, -0.2) is 19.3 Å². The Morgan fingerprint density at radius 1 is 1.11 bits per heavy atom. The molecule has 0 fully saturated rings. The van der Waals surface area contributed by atoms with Crippen LogP contribution in [0.15, 0.2) is 48.8 Å². The second-order valence-electron chi connectivity index (χ2n) is 5.34. The third-order valence-corrected chi connectivity index (χ3v) is 3.59. The first-order valence-corrected chi connectivity index (χ1v) is 8.54. The molecule has 0 unspecified atom stereocenters.